The van der Waals surface area contributed by atoms with Gasteiger partial charge in [-0.3, -0.25) is 4.99 Å². The number of aryl methyl sites for hydroxylation is 1. The maximum atomic E-state index is 11.3. The van der Waals surface area contributed by atoms with Gasteiger partial charge >= 0.3 is 0 Å². The maximum absolute atomic E-state index is 11.3. The van der Waals surface area contributed by atoms with E-state index >= 15 is 0 Å². The number of para-hydroxylation sites is 2. The lowest BCUT2D eigenvalue weighted by atomic mass is 10.3. The highest BCUT2D eigenvalue weighted by atomic mass is 127. The number of aliphatic imine (C=N–C) groups is 1. The van der Waals surface area contributed by atoms with Crippen molar-refractivity contribution < 1.29 is 8.42 Å². The number of benzene rings is 1. The number of guanidine groups is 1. The van der Waals surface area contributed by atoms with Gasteiger partial charge in [-0.25, -0.2) is 13.4 Å². The van der Waals surface area contributed by atoms with E-state index in [-0.39, 0.29) is 35.8 Å². The van der Waals surface area contributed by atoms with Crippen LogP contribution in [0.1, 0.15) is 19.2 Å². The van der Waals surface area contributed by atoms with Gasteiger partial charge in [-0.05, 0) is 32.4 Å². The van der Waals surface area contributed by atoms with Crippen LogP contribution >= 0.6 is 24.0 Å². The lowest BCUT2D eigenvalue weighted by molar-refractivity contribution is 0.579. The molecule has 0 aliphatic heterocycles. The molecule has 2 aromatic rings. The third kappa shape index (κ3) is 6.75. The fourth-order valence-corrected chi connectivity index (χ4v) is 3.44. The minimum Gasteiger partial charge on any atom is -0.355 e. The molecule has 1 heterocycles. The molecule has 2 rings (SSSR count). The Morgan fingerprint density at radius 3 is 2.69 bits per heavy atom. The number of hydrogen-bond acceptors (Lipinski definition) is 4. The summed E-state index contributed by atoms with van der Waals surface area (Å²) in [4.78, 5) is 8.76. The van der Waals surface area contributed by atoms with Gasteiger partial charge in [-0.15, -0.1) is 24.0 Å². The summed E-state index contributed by atoms with van der Waals surface area (Å²) in [7, 11) is -1.24. The first kappa shape index (κ1) is 22.7. The first-order valence-corrected chi connectivity index (χ1v) is 10.4. The first-order valence-electron chi connectivity index (χ1n) is 8.37. The second-order valence-corrected chi connectivity index (χ2v) is 8.52. The minimum atomic E-state index is -2.94. The molecule has 0 aliphatic rings. The van der Waals surface area contributed by atoms with Crippen molar-refractivity contribution in [3.8, 4) is 0 Å². The van der Waals surface area contributed by atoms with Crippen LogP contribution in [0, 0.1) is 6.92 Å². The van der Waals surface area contributed by atoms with Crippen LogP contribution in [-0.2, 0) is 16.4 Å². The quantitative estimate of drug-likeness (QED) is 0.350. The Bertz CT molecular complexity index is 848. The van der Waals surface area contributed by atoms with Crippen LogP contribution in [0.5, 0.6) is 0 Å². The lowest BCUT2D eigenvalue weighted by Crippen LogP contribution is -2.43. The number of aromatic nitrogens is 2. The molecule has 7 nitrogen and oxygen atoms in total. The number of sulfone groups is 1. The molecule has 0 fully saturated rings. The predicted octanol–water partition coefficient (Wildman–Crippen LogP) is 1.95. The molecule has 0 spiro atoms. The number of nitrogens with one attached hydrogen (secondary N) is 2. The fraction of sp³-hybridized carbons (Fsp3) is 0.529. The smallest absolute Gasteiger partial charge is 0.191 e. The number of rotatable bonds is 7. The Morgan fingerprint density at radius 2 is 2.04 bits per heavy atom. The standard InChI is InChI=1S/C17H27N5O2S.HI/c1-13(9-12-25(4,23)24)20-17(18-3)19-10-11-22-14(2)21-15-7-5-6-8-16(15)22;/h5-8,13H,9-12H2,1-4H3,(H2,18,19,20);1H. The van der Waals surface area contributed by atoms with E-state index in [1.54, 1.807) is 7.05 Å². The highest BCUT2D eigenvalue weighted by molar-refractivity contribution is 14.0. The van der Waals surface area contributed by atoms with E-state index < -0.39 is 9.84 Å². The molecule has 1 unspecified atom stereocenters. The SMILES string of the molecule is CN=C(NCCn1c(C)nc2ccccc21)NC(C)CCS(C)(=O)=O.I. The van der Waals surface area contributed by atoms with Gasteiger partial charge in [-0.1, -0.05) is 12.1 Å². The van der Waals surface area contributed by atoms with Crippen molar-refractivity contribution in [1.82, 2.24) is 20.2 Å². The van der Waals surface area contributed by atoms with Gasteiger partial charge in [0.25, 0.3) is 0 Å². The Morgan fingerprint density at radius 1 is 1.35 bits per heavy atom. The second-order valence-electron chi connectivity index (χ2n) is 6.26. The molecular weight excluding hydrogens is 465 g/mol. The van der Waals surface area contributed by atoms with E-state index in [1.165, 1.54) is 6.26 Å². The Labute approximate surface area is 172 Å². The van der Waals surface area contributed by atoms with Gasteiger partial charge in [0.15, 0.2) is 5.96 Å². The first-order chi connectivity index (χ1) is 11.8. The summed E-state index contributed by atoms with van der Waals surface area (Å²) in [5.74, 6) is 1.81. The van der Waals surface area contributed by atoms with Gasteiger partial charge in [0, 0.05) is 32.4 Å². The van der Waals surface area contributed by atoms with E-state index in [2.05, 4.69) is 31.2 Å². The van der Waals surface area contributed by atoms with E-state index in [0.717, 1.165) is 23.4 Å². The third-order valence-electron chi connectivity index (χ3n) is 4.00. The molecule has 0 aliphatic carbocycles. The van der Waals surface area contributed by atoms with E-state index in [4.69, 9.17) is 0 Å². The molecule has 0 radical (unpaired) electrons. The highest BCUT2D eigenvalue weighted by Gasteiger charge is 2.10. The van der Waals surface area contributed by atoms with Gasteiger partial charge < -0.3 is 15.2 Å². The highest BCUT2D eigenvalue weighted by Crippen LogP contribution is 2.14. The van der Waals surface area contributed by atoms with Crippen LogP contribution in [-0.4, -0.2) is 55.6 Å². The topological polar surface area (TPSA) is 88.4 Å². The summed E-state index contributed by atoms with van der Waals surface area (Å²) in [5.41, 5.74) is 2.11. The van der Waals surface area contributed by atoms with Crippen molar-refractivity contribution in [3.63, 3.8) is 0 Å². The van der Waals surface area contributed by atoms with Crippen molar-refractivity contribution in [1.29, 1.82) is 0 Å². The van der Waals surface area contributed by atoms with Crippen LogP contribution < -0.4 is 10.6 Å². The molecule has 2 N–H and O–H groups in total. The van der Waals surface area contributed by atoms with Crippen LogP contribution in [0.4, 0.5) is 0 Å². The van der Waals surface area contributed by atoms with Crippen LogP contribution in [0.3, 0.4) is 0 Å². The fourth-order valence-electron chi connectivity index (χ4n) is 2.66. The number of halogens is 1. The molecule has 26 heavy (non-hydrogen) atoms. The van der Waals surface area contributed by atoms with Gasteiger partial charge in [0.2, 0.25) is 0 Å². The summed E-state index contributed by atoms with van der Waals surface area (Å²) < 4.78 is 24.7. The van der Waals surface area contributed by atoms with E-state index in [9.17, 15) is 8.42 Å². The normalized spacial score (nSPS) is 13.3. The average molecular weight is 493 g/mol. The second kappa shape index (κ2) is 10.1. The zero-order valence-corrected chi connectivity index (χ0v) is 18.8. The Kier molecular flexibility index (Phi) is 8.81. The zero-order chi connectivity index (χ0) is 18.4. The number of imidazole rings is 1. The van der Waals surface area contributed by atoms with Crippen molar-refractivity contribution in [2.24, 2.45) is 4.99 Å². The molecule has 0 bridgehead atoms. The largest absolute Gasteiger partial charge is 0.355 e. The van der Waals surface area contributed by atoms with E-state index in [0.29, 0.717) is 18.9 Å². The van der Waals surface area contributed by atoms with Gasteiger partial charge in [0.1, 0.15) is 15.7 Å². The van der Waals surface area contributed by atoms with Crippen molar-refractivity contribution >= 4 is 50.8 Å². The minimum absolute atomic E-state index is 0. The van der Waals surface area contributed by atoms with Crippen molar-refractivity contribution in [2.45, 2.75) is 32.9 Å². The molecule has 146 valence electrons. The third-order valence-corrected chi connectivity index (χ3v) is 4.98. The lowest BCUT2D eigenvalue weighted by Gasteiger charge is -2.18. The summed E-state index contributed by atoms with van der Waals surface area (Å²) in [6.07, 6.45) is 1.80. The molecular formula is C17H28IN5O2S. The molecule has 1 atom stereocenters. The molecule has 1 aromatic carbocycles. The van der Waals surface area contributed by atoms with Crippen LogP contribution in [0.25, 0.3) is 11.0 Å². The number of hydrogen-bond donors (Lipinski definition) is 2. The zero-order valence-electron chi connectivity index (χ0n) is 15.7. The monoisotopic (exact) mass is 493 g/mol. The maximum Gasteiger partial charge on any atom is 0.191 e. The van der Waals surface area contributed by atoms with Crippen LogP contribution in [0.15, 0.2) is 29.3 Å². The molecule has 1 aromatic heterocycles. The van der Waals surface area contributed by atoms with Gasteiger partial charge in [-0.2, -0.15) is 0 Å². The summed E-state index contributed by atoms with van der Waals surface area (Å²) in [5, 5.41) is 6.49. The summed E-state index contributed by atoms with van der Waals surface area (Å²) in [6, 6.07) is 8.10. The predicted molar refractivity (Wildman–Crippen MR) is 118 cm³/mol. The van der Waals surface area contributed by atoms with Gasteiger partial charge in [0.05, 0.1) is 16.8 Å². The van der Waals surface area contributed by atoms with Crippen molar-refractivity contribution in [3.05, 3.63) is 30.1 Å². The van der Waals surface area contributed by atoms with Crippen molar-refractivity contribution in [2.75, 3.05) is 25.6 Å². The van der Waals surface area contributed by atoms with E-state index in [1.807, 2.05) is 32.0 Å². The average Bonchev–Trinajstić information content (AvgIpc) is 2.87. The number of fused-ring (bicyclic) bond motifs is 1. The Hall–Kier alpha value is -1.36. The molecule has 0 amide bonds. The molecule has 0 saturated heterocycles. The van der Waals surface area contributed by atoms with Crippen LogP contribution in [0.2, 0.25) is 0 Å². The summed E-state index contributed by atoms with van der Waals surface area (Å²) in [6.45, 7) is 5.41. The molecule has 0 saturated carbocycles. The Balaban J connectivity index is 0.00000338. The summed E-state index contributed by atoms with van der Waals surface area (Å²) >= 11 is 0. The molecule has 9 heteroatoms. The number of nitrogens with zero attached hydrogens (tertiary/aromatic N) is 3.